The minimum atomic E-state index is 0. The van der Waals surface area contributed by atoms with Crippen molar-refractivity contribution in [2.24, 2.45) is 10.7 Å². The molecular formula is C20H29IN4O2. The Morgan fingerprint density at radius 2 is 1.78 bits per heavy atom. The number of hydrogen-bond acceptors (Lipinski definition) is 4. The maximum Gasteiger partial charge on any atom is 0.189 e. The third-order valence-electron chi connectivity index (χ3n) is 4.18. The molecular weight excluding hydrogens is 455 g/mol. The van der Waals surface area contributed by atoms with E-state index in [1.807, 2.05) is 32.3 Å². The lowest BCUT2D eigenvalue weighted by molar-refractivity contribution is 0.354. The molecule has 0 atom stereocenters. The molecule has 27 heavy (non-hydrogen) atoms. The van der Waals surface area contributed by atoms with Crippen molar-refractivity contribution in [3.05, 3.63) is 53.1 Å². The molecule has 0 saturated carbocycles. The van der Waals surface area contributed by atoms with Crippen LogP contribution in [-0.2, 0) is 13.1 Å². The zero-order valence-electron chi connectivity index (χ0n) is 16.6. The number of nitrogens with zero attached hydrogens (tertiary/aromatic N) is 2. The number of nitrogens with one attached hydrogen (secondary N) is 1. The zero-order valence-corrected chi connectivity index (χ0v) is 18.9. The fourth-order valence-corrected chi connectivity index (χ4v) is 2.55. The summed E-state index contributed by atoms with van der Waals surface area (Å²) in [6.07, 6.45) is 0. The maximum absolute atomic E-state index is 6.00. The highest BCUT2D eigenvalue weighted by molar-refractivity contribution is 14.0. The van der Waals surface area contributed by atoms with Crippen molar-refractivity contribution in [2.75, 3.05) is 33.2 Å². The summed E-state index contributed by atoms with van der Waals surface area (Å²) in [5.41, 5.74) is 10.6. The standard InChI is InChI=1S/C20H28N4O2.HI/c1-14-10-17(24(2)3)8-7-16(14)13-23-20(21)22-12-15-6-9-18(25-4)19(11-15)26-5;/h6-11H,12-13H2,1-5H3,(H3,21,22,23);1H. The third-order valence-corrected chi connectivity index (χ3v) is 4.18. The van der Waals surface area contributed by atoms with E-state index in [0.717, 1.165) is 5.56 Å². The fourth-order valence-electron chi connectivity index (χ4n) is 2.55. The summed E-state index contributed by atoms with van der Waals surface area (Å²) in [6, 6.07) is 12.1. The number of rotatable bonds is 7. The van der Waals surface area contributed by atoms with E-state index in [4.69, 9.17) is 15.2 Å². The van der Waals surface area contributed by atoms with Gasteiger partial charge in [-0.1, -0.05) is 12.1 Å². The molecule has 0 amide bonds. The van der Waals surface area contributed by atoms with E-state index in [0.29, 0.717) is 30.5 Å². The van der Waals surface area contributed by atoms with Crippen LogP contribution in [0.4, 0.5) is 5.69 Å². The summed E-state index contributed by atoms with van der Waals surface area (Å²) in [6.45, 7) is 3.21. The summed E-state index contributed by atoms with van der Waals surface area (Å²) >= 11 is 0. The number of ether oxygens (including phenoxy) is 2. The number of guanidine groups is 1. The summed E-state index contributed by atoms with van der Waals surface area (Å²) in [7, 11) is 7.30. The molecule has 2 aromatic carbocycles. The van der Waals surface area contributed by atoms with Crippen LogP contribution in [0.15, 0.2) is 41.4 Å². The van der Waals surface area contributed by atoms with Crippen LogP contribution in [-0.4, -0.2) is 34.3 Å². The van der Waals surface area contributed by atoms with Crippen LogP contribution in [0.5, 0.6) is 11.5 Å². The summed E-state index contributed by atoms with van der Waals surface area (Å²) in [5.74, 6) is 1.79. The highest BCUT2D eigenvalue weighted by Crippen LogP contribution is 2.27. The maximum atomic E-state index is 6.00. The number of aliphatic imine (C=N–C) groups is 1. The second kappa shape index (κ2) is 10.9. The van der Waals surface area contributed by atoms with Crippen molar-refractivity contribution in [2.45, 2.75) is 20.0 Å². The van der Waals surface area contributed by atoms with Crippen LogP contribution in [0.2, 0.25) is 0 Å². The molecule has 0 radical (unpaired) electrons. The van der Waals surface area contributed by atoms with Crippen LogP contribution in [0.3, 0.4) is 0 Å². The molecule has 7 heteroatoms. The first-order chi connectivity index (χ1) is 12.4. The lowest BCUT2D eigenvalue weighted by Gasteiger charge is -2.15. The number of halogens is 1. The van der Waals surface area contributed by atoms with Gasteiger partial charge >= 0.3 is 0 Å². The minimum absolute atomic E-state index is 0. The van der Waals surface area contributed by atoms with E-state index in [2.05, 4.69) is 40.3 Å². The number of nitrogens with two attached hydrogens (primary N) is 1. The van der Waals surface area contributed by atoms with Crippen molar-refractivity contribution in [3.8, 4) is 11.5 Å². The molecule has 0 aliphatic carbocycles. The molecule has 0 bridgehead atoms. The van der Waals surface area contributed by atoms with E-state index in [1.54, 1.807) is 14.2 Å². The second-order valence-corrected chi connectivity index (χ2v) is 6.25. The average molecular weight is 484 g/mol. The Morgan fingerprint density at radius 1 is 1.07 bits per heavy atom. The number of hydrogen-bond donors (Lipinski definition) is 2. The Kier molecular flexibility index (Phi) is 9.20. The Balaban J connectivity index is 0.00000364. The zero-order chi connectivity index (χ0) is 19.1. The van der Waals surface area contributed by atoms with Gasteiger partial charge in [-0.2, -0.15) is 0 Å². The average Bonchev–Trinajstić information content (AvgIpc) is 2.64. The van der Waals surface area contributed by atoms with Gasteiger partial charge in [-0.25, -0.2) is 4.99 Å². The normalized spacial score (nSPS) is 10.8. The van der Waals surface area contributed by atoms with E-state index in [-0.39, 0.29) is 24.0 Å². The fraction of sp³-hybridized carbons (Fsp3) is 0.350. The highest BCUT2D eigenvalue weighted by atomic mass is 127. The third kappa shape index (κ3) is 6.50. The molecule has 148 valence electrons. The molecule has 0 heterocycles. The largest absolute Gasteiger partial charge is 0.493 e. The van der Waals surface area contributed by atoms with Crippen molar-refractivity contribution in [3.63, 3.8) is 0 Å². The van der Waals surface area contributed by atoms with E-state index in [9.17, 15) is 0 Å². The molecule has 0 aliphatic rings. The Bertz CT molecular complexity index is 779. The van der Waals surface area contributed by atoms with Gasteiger partial charge in [0.15, 0.2) is 17.5 Å². The van der Waals surface area contributed by atoms with Crippen molar-refractivity contribution in [1.29, 1.82) is 0 Å². The lowest BCUT2D eigenvalue weighted by Crippen LogP contribution is -2.31. The smallest absolute Gasteiger partial charge is 0.189 e. The van der Waals surface area contributed by atoms with Gasteiger partial charge in [0.2, 0.25) is 0 Å². The van der Waals surface area contributed by atoms with Crippen LogP contribution in [0.1, 0.15) is 16.7 Å². The molecule has 6 nitrogen and oxygen atoms in total. The summed E-state index contributed by atoms with van der Waals surface area (Å²) in [4.78, 5) is 6.48. The van der Waals surface area contributed by atoms with Crippen molar-refractivity contribution < 1.29 is 9.47 Å². The van der Waals surface area contributed by atoms with E-state index >= 15 is 0 Å². The first kappa shape index (κ1) is 22.9. The number of benzene rings is 2. The van der Waals surface area contributed by atoms with Gasteiger partial charge in [-0.05, 0) is 47.9 Å². The van der Waals surface area contributed by atoms with Crippen LogP contribution in [0, 0.1) is 6.92 Å². The molecule has 0 aliphatic heterocycles. The number of aryl methyl sites for hydroxylation is 1. The first-order valence-electron chi connectivity index (χ1n) is 8.46. The highest BCUT2D eigenvalue weighted by Gasteiger charge is 2.05. The molecule has 3 N–H and O–H groups in total. The molecule has 2 rings (SSSR count). The van der Waals surface area contributed by atoms with Gasteiger partial charge in [0.05, 0.1) is 20.8 Å². The Labute approximate surface area is 178 Å². The second-order valence-electron chi connectivity index (χ2n) is 6.25. The molecule has 0 fully saturated rings. The number of anilines is 1. The summed E-state index contributed by atoms with van der Waals surface area (Å²) in [5, 5.41) is 3.17. The quantitative estimate of drug-likeness (QED) is 0.359. The molecule has 0 unspecified atom stereocenters. The first-order valence-corrected chi connectivity index (χ1v) is 8.46. The predicted molar refractivity (Wildman–Crippen MR) is 123 cm³/mol. The topological polar surface area (TPSA) is 72.1 Å². The minimum Gasteiger partial charge on any atom is -0.493 e. The van der Waals surface area contributed by atoms with E-state index in [1.165, 1.54) is 16.8 Å². The molecule has 0 saturated heterocycles. The monoisotopic (exact) mass is 484 g/mol. The van der Waals surface area contributed by atoms with Gasteiger partial charge in [-0.3, -0.25) is 0 Å². The van der Waals surface area contributed by atoms with Crippen molar-refractivity contribution in [1.82, 2.24) is 5.32 Å². The van der Waals surface area contributed by atoms with Crippen molar-refractivity contribution >= 4 is 35.6 Å². The van der Waals surface area contributed by atoms with Gasteiger partial charge in [0, 0.05) is 26.3 Å². The number of methoxy groups -OCH3 is 2. The predicted octanol–water partition coefficient (Wildman–Crippen LogP) is 3.30. The van der Waals surface area contributed by atoms with Gasteiger partial charge in [-0.15, -0.1) is 24.0 Å². The molecule has 0 aromatic heterocycles. The summed E-state index contributed by atoms with van der Waals surface area (Å²) < 4.78 is 10.5. The Hall–Kier alpha value is -2.16. The van der Waals surface area contributed by atoms with Crippen LogP contribution in [0.25, 0.3) is 0 Å². The van der Waals surface area contributed by atoms with Gasteiger partial charge < -0.3 is 25.4 Å². The van der Waals surface area contributed by atoms with Gasteiger partial charge in [0.25, 0.3) is 0 Å². The molecule has 2 aromatic rings. The lowest BCUT2D eigenvalue weighted by atomic mass is 10.1. The van der Waals surface area contributed by atoms with Crippen LogP contribution < -0.4 is 25.4 Å². The van der Waals surface area contributed by atoms with E-state index < -0.39 is 0 Å². The SMILES string of the molecule is COc1ccc(CN=C(N)NCc2ccc(N(C)C)cc2C)cc1OC.I. The van der Waals surface area contributed by atoms with Crippen LogP contribution >= 0.6 is 24.0 Å². The van der Waals surface area contributed by atoms with Gasteiger partial charge in [0.1, 0.15) is 0 Å². The molecule has 0 spiro atoms. The Morgan fingerprint density at radius 3 is 2.37 bits per heavy atom.